The van der Waals surface area contributed by atoms with Crippen LogP contribution in [0.4, 0.5) is 8.78 Å². The normalized spacial score (nSPS) is 11.1. The second-order valence-electron chi connectivity index (χ2n) is 8.25. The van der Waals surface area contributed by atoms with Gasteiger partial charge in [-0.25, -0.2) is 18.7 Å². The van der Waals surface area contributed by atoms with Crippen LogP contribution in [-0.2, 0) is 12.8 Å². The van der Waals surface area contributed by atoms with Crippen molar-refractivity contribution < 1.29 is 13.5 Å². The van der Waals surface area contributed by atoms with Gasteiger partial charge < -0.3 is 4.74 Å². The molecule has 1 heterocycles. The Morgan fingerprint density at radius 2 is 1.61 bits per heavy atom. The number of aryl methyl sites for hydroxylation is 2. The zero-order chi connectivity index (χ0) is 23.0. The van der Waals surface area contributed by atoms with Crippen LogP contribution in [0, 0.1) is 11.6 Å². The van der Waals surface area contributed by atoms with Gasteiger partial charge in [0.15, 0.2) is 11.6 Å². The molecule has 0 N–H and O–H groups in total. The predicted molar refractivity (Wildman–Crippen MR) is 128 cm³/mol. The summed E-state index contributed by atoms with van der Waals surface area (Å²) in [6.45, 7) is 2.85. The molecule has 0 spiro atoms. The van der Waals surface area contributed by atoms with Gasteiger partial charge in [0, 0.05) is 10.9 Å². The number of hydrogen-bond acceptors (Lipinski definition) is 3. The number of halogens is 2. The first-order valence-corrected chi connectivity index (χ1v) is 11.5. The summed E-state index contributed by atoms with van der Waals surface area (Å²) in [6, 6.07) is 15.6. The Morgan fingerprint density at radius 3 is 2.36 bits per heavy atom. The molecule has 5 heteroatoms. The molecule has 0 aliphatic heterocycles. The Labute approximate surface area is 193 Å². The van der Waals surface area contributed by atoms with E-state index in [1.54, 1.807) is 30.6 Å². The molecule has 0 atom stereocenters. The second kappa shape index (κ2) is 11.0. The lowest BCUT2D eigenvalue weighted by atomic mass is 9.99. The Morgan fingerprint density at radius 1 is 0.818 bits per heavy atom. The van der Waals surface area contributed by atoms with Gasteiger partial charge >= 0.3 is 0 Å². The predicted octanol–water partition coefficient (Wildman–Crippen LogP) is 7.32. The molecule has 0 saturated carbocycles. The lowest BCUT2D eigenvalue weighted by Gasteiger charge is -2.09. The third-order valence-corrected chi connectivity index (χ3v) is 5.78. The van der Waals surface area contributed by atoms with Gasteiger partial charge in [-0.3, -0.25) is 0 Å². The Bertz CT molecular complexity index is 1190. The van der Waals surface area contributed by atoms with Crippen LogP contribution in [0.15, 0.2) is 67.0 Å². The topological polar surface area (TPSA) is 35.0 Å². The molecule has 0 fully saturated rings. The molecule has 0 amide bonds. The highest BCUT2D eigenvalue weighted by Crippen LogP contribution is 2.27. The molecule has 33 heavy (non-hydrogen) atoms. The summed E-state index contributed by atoms with van der Waals surface area (Å²) < 4.78 is 33.9. The van der Waals surface area contributed by atoms with E-state index in [1.165, 1.54) is 25.0 Å². The van der Waals surface area contributed by atoms with Gasteiger partial charge in [0.25, 0.3) is 0 Å². The highest BCUT2D eigenvalue weighted by Gasteiger charge is 2.10. The van der Waals surface area contributed by atoms with E-state index in [0.717, 1.165) is 29.4 Å². The molecule has 1 aromatic heterocycles. The van der Waals surface area contributed by atoms with E-state index in [0.29, 0.717) is 42.0 Å². The van der Waals surface area contributed by atoms with E-state index in [1.807, 2.05) is 24.3 Å². The highest BCUT2D eigenvalue weighted by atomic mass is 19.1. The first-order valence-electron chi connectivity index (χ1n) is 11.5. The Hall–Kier alpha value is -3.34. The molecule has 0 aliphatic carbocycles. The van der Waals surface area contributed by atoms with Crippen LogP contribution in [0.5, 0.6) is 5.75 Å². The summed E-state index contributed by atoms with van der Waals surface area (Å²) in [6.07, 6.45) is 9.19. The van der Waals surface area contributed by atoms with Crippen LogP contribution in [0.25, 0.3) is 22.2 Å². The fourth-order valence-electron chi connectivity index (χ4n) is 3.86. The van der Waals surface area contributed by atoms with Gasteiger partial charge in [-0.1, -0.05) is 62.6 Å². The van der Waals surface area contributed by atoms with E-state index in [-0.39, 0.29) is 11.6 Å². The maximum atomic E-state index is 15.1. The average molecular weight is 447 g/mol. The average Bonchev–Trinajstić information content (AvgIpc) is 2.85. The first kappa shape index (κ1) is 22.8. The first-order chi connectivity index (χ1) is 16.1. The van der Waals surface area contributed by atoms with Gasteiger partial charge in [-0.15, -0.1) is 0 Å². The minimum absolute atomic E-state index is 0.214. The molecule has 3 aromatic carbocycles. The maximum absolute atomic E-state index is 15.1. The molecule has 0 aliphatic rings. The largest absolute Gasteiger partial charge is 0.490 e. The highest BCUT2D eigenvalue weighted by molar-refractivity contribution is 5.87. The molecular formula is C28H28F2N2O. The standard InChI is InChI=1S/C28H28F2N2O/c1-2-3-4-5-16-33-25-18-31-28(32-19-25)23-12-15-26-22(17-23)11-10-21(27(26)30)9-6-20-7-13-24(29)14-8-20/h7-8,10-15,17-19H,2-6,9,16H2,1H3. The Balaban J connectivity index is 1.43. The maximum Gasteiger partial charge on any atom is 0.159 e. The molecule has 4 rings (SSSR count). The molecule has 0 saturated heterocycles. The zero-order valence-corrected chi connectivity index (χ0v) is 18.9. The SMILES string of the molecule is CCCCCCOc1cnc(-c2ccc3c(F)c(CCc4ccc(F)cc4)ccc3c2)nc1. The monoisotopic (exact) mass is 446 g/mol. The van der Waals surface area contributed by atoms with Crippen molar-refractivity contribution in [3.8, 4) is 17.1 Å². The fraction of sp³-hybridized carbons (Fsp3) is 0.286. The van der Waals surface area contributed by atoms with Gasteiger partial charge in [0.05, 0.1) is 19.0 Å². The number of hydrogen-bond donors (Lipinski definition) is 0. The zero-order valence-electron chi connectivity index (χ0n) is 18.9. The van der Waals surface area contributed by atoms with Crippen LogP contribution < -0.4 is 4.74 Å². The number of benzene rings is 3. The fourth-order valence-corrected chi connectivity index (χ4v) is 3.86. The molecule has 0 radical (unpaired) electrons. The second-order valence-corrected chi connectivity index (χ2v) is 8.25. The molecule has 4 aromatic rings. The molecular weight excluding hydrogens is 418 g/mol. The van der Waals surface area contributed by atoms with E-state index >= 15 is 4.39 Å². The van der Waals surface area contributed by atoms with Crippen molar-refractivity contribution in [3.05, 3.63) is 89.8 Å². The van der Waals surface area contributed by atoms with Crippen LogP contribution in [0.3, 0.4) is 0 Å². The van der Waals surface area contributed by atoms with Gasteiger partial charge in [0.2, 0.25) is 0 Å². The van der Waals surface area contributed by atoms with Gasteiger partial charge in [-0.2, -0.15) is 0 Å². The van der Waals surface area contributed by atoms with E-state index in [9.17, 15) is 4.39 Å². The van der Waals surface area contributed by atoms with Crippen LogP contribution >= 0.6 is 0 Å². The summed E-state index contributed by atoms with van der Waals surface area (Å²) in [5, 5.41) is 1.37. The molecule has 0 bridgehead atoms. The number of aromatic nitrogens is 2. The quantitative estimate of drug-likeness (QED) is 0.239. The van der Waals surface area contributed by atoms with Gasteiger partial charge in [-0.05, 0) is 54.0 Å². The molecule has 0 unspecified atom stereocenters. The van der Waals surface area contributed by atoms with Crippen LogP contribution in [-0.4, -0.2) is 16.6 Å². The van der Waals surface area contributed by atoms with E-state index < -0.39 is 0 Å². The lowest BCUT2D eigenvalue weighted by Crippen LogP contribution is -1.99. The number of rotatable bonds is 10. The summed E-state index contributed by atoms with van der Waals surface area (Å²) in [5.41, 5.74) is 2.46. The number of fused-ring (bicyclic) bond motifs is 1. The van der Waals surface area contributed by atoms with E-state index in [4.69, 9.17) is 4.74 Å². The van der Waals surface area contributed by atoms with E-state index in [2.05, 4.69) is 16.9 Å². The smallest absolute Gasteiger partial charge is 0.159 e. The summed E-state index contributed by atoms with van der Waals surface area (Å²) in [7, 11) is 0. The van der Waals surface area contributed by atoms with Crippen molar-refractivity contribution in [1.82, 2.24) is 9.97 Å². The number of ether oxygens (including phenoxy) is 1. The molecule has 170 valence electrons. The van der Waals surface area contributed by atoms with Crippen molar-refractivity contribution in [3.63, 3.8) is 0 Å². The minimum atomic E-state index is -0.264. The number of nitrogens with zero attached hydrogens (tertiary/aromatic N) is 2. The Kier molecular flexibility index (Phi) is 7.61. The summed E-state index contributed by atoms with van der Waals surface area (Å²) >= 11 is 0. The third kappa shape index (κ3) is 5.92. The van der Waals surface area contributed by atoms with Gasteiger partial charge in [0.1, 0.15) is 11.6 Å². The van der Waals surface area contributed by atoms with Crippen molar-refractivity contribution in [2.45, 2.75) is 45.4 Å². The van der Waals surface area contributed by atoms with Crippen molar-refractivity contribution >= 4 is 10.8 Å². The van der Waals surface area contributed by atoms with Crippen LogP contribution in [0.2, 0.25) is 0 Å². The van der Waals surface area contributed by atoms with Crippen molar-refractivity contribution in [2.24, 2.45) is 0 Å². The van der Waals surface area contributed by atoms with Crippen molar-refractivity contribution in [2.75, 3.05) is 6.61 Å². The summed E-state index contributed by atoms with van der Waals surface area (Å²) in [5.74, 6) is 0.762. The minimum Gasteiger partial charge on any atom is -0.490 e. The lowest BCUT2D eigenvalue weighted by molar-refractivity contribution is 0.303. The number of unbranched alkanes of at least 4 members (excludes halogenated alkanes) is 3. The van der Waals surface area contributed by atoms with Crippen molar-refractivity contribution in [1.29, 1.82) is 0 Å². The van der Waals surface area contributed by atoms with Crippen LogP contribution in [0.1, 0.15) is 43.7 Å². The summed E-state index contributed by atoms with van der Waals surface area (Å²) in [4.78, 5) is 8.85. The molecule has 3 nitrogen and oxygen atoms in total. The third-order valence-electron chi connectivity index (χ3n) is 5.78.